The maximum Gasteiger partial charge on any atom is 0.317 e. The summed E-state index contributed by atoms with van der Waals surface area (Å²) in [6, 6.07) is 1.64. The van der Waals surface area contributed by atoms with E-state index in [9.17, 15) is 9.59 Å². The van der Waals surface area contributed by atoms with Crippen molar-refractivity contribution in [2.24, 2.45) is 5.92 Å². The van der Waals surface area contributed by atoms with Gasteiger partial charge in [-0.05, 0) is 38.2 Å². The van der Waals surface area contributed by atoms with E-state index < -0.39 is 5.97 Å². The number of aliphatic carboxylic acids is 1. The molecule has 2 rings (SSSR count). The van der Waals surface area contributed by atoms with Gasteiger partial charge in [0.25, 0.3) is 0 Å². The van der Waals surface area contributed by atoms with Crippen molar-refractivity contribution in [2.45, 2.75) is 53.0 Å². The fraction of sp³-hybridized carbons (Fsp3) is 0.684. The summed E-state index contributed by atoms with van der Waals surface area (Å²) < 4.78 is 0. The van der Waals surface area contributed by atoms with Crippen LogP contribution in [0.4, 0.5) is 10.7 Å². The van der Waals surface area contributed by atoms with Crippen LogP contribution < -0.4 is 10.2 Å². The lowest BCUT2D eigenvalue weighted by atomic mass is 10.1. The molecule has 0 bridgehead atoms. The molecule has 0 saturated carbocycles. The van der Waals surface area contributed by atoms with Crippen LogP contribution in [0.1, 0.15) is 50.9 Å². The van der Waals surface area contributed by atoms with E-state index in [2.05, 4.69) is 15.2 Å². The van der Waals surface area contributed by atoms with Crippen LogP contribution in [0.5, 0.6) is 0 Å². The standard InChI is InChI=1S/C19H31N5O3/c1-14(2)12-24(19(27)20-8-7-17(25)26)13-16-11-15(3)21-18(22-16)23-9-5-4-6-10-23/h11,14H,4-10,12-13H2,1-3H3,(H,20,27)(H,25,26). The highest BCUT2D eigenvalue weighted by molar-refractivity contribution is 5.75. The van der Waals surface area contributed by atoms with Gasteiger partial charge in [0.15, 0.2) is 0 Å². The highest BCUT2D eigenvalue weighted by atomic mass is 16.4. The monoisotopic (exact) mass is 377 g/mol. The van der Waals surface area contributed by atoms with Crippen LogP contribution >= 0.6 is 0 Å². The number of urea groups is 1. The smallest absolute Gasteiger partial charge is 0.317 e. The Labute approximate surface area is 161 Å². The first-order chi connectivity index (χ1) is 12.8. The minimum atomic E-state index is -0.927. The largest absolute Gasteiger partial charge is 0.481 e. The van der Waals surface area contributed by atoms with Crippen LogP contribution in [-0.4, -0.2) is 58.2 Å². The van der Waals surface area contributed by atoms with Gasteiger partial charge in [-0.1, -0.05) is 13.8 Å². The maximum atomic E-state index is 12.5. The summed E-state index contributed by atoms with van der Waals surface area (Å²) in [5, 5.41) is 11.4. The fourth-order valence-electron chi connectivity index (χ4n) is 3.18. The number of anilines is 1. The Morgan fingerprint density at radius 2 is 1.96 bits per heavy atom. The molecule has 8 heteroatoms. The number of carboxylic acids is 1. The third-order valence-corrected chi connectivity index (χ3v) is 4.38. The lowest BCUT2D eigenvalue weighted by molar-refractivity contribution is -0.136. The first-order valence-electron chi connectivity index (χ1n) is 9.69. The number of carboxylic acid groups (broad SMARTS) is 1. The Morgan fingerprint density at radius 3 is 2.59 bits per heavy atom. The Bertz CT molecular complexity index is 644. The summed E-state index contributed by atoms with van der Waals surface area (Å²) in [5.41, 5.74) is 1.69. The molecule has 8 nitrogen and oxygen atoms in total. The molecule has 150 valence electrons. The number of carbonyl (C=O) groups is 2. The summed E-state index contributed by atoms with van der Waals surface area (Å²) >= 11 is 0. The predicted octanol–water partition coefficient (Wildman–Crippen LogP) is 2.42. The van der Waals surface area contributed by atoms with Crippen molar-refractivity contribution in [1.82, 2.24) is 20.2 Å². The molecule has 1 aliphatic heterocycles. The highest BCUT2D eigenvalue weighted by Crippen LogP contribution is 2.17. The molecule has 1 aromatic heterocycles. The highest BCUT2D eigenvalue weighted by Gasteiger charge is 2.19. The molecular weight excluding hydrogens is 346 g/mol. The average Bonchev–Trinajstić information content (AvgIpc) is 2.60. The Balaban J connectivity index is 2.09. The van der Waals surface area contributed by atoms with E-state index in [1.165, 1.54) is 6.42 Å². The number of hydrogen-bond donors (Lipinski definition) is 2. The third kappa shape index (κ3) is 7.03. The Hall–Kier alpha value is -2.38. The number of nitrogens with one attached hydrogen (secondary N) is 1. The minimum Gasteiger partial charge on any atom is -0.481 e. The van der Waals surface area contributed by atoms with Gasteiger partial charge in [0, 0.05) is 31.9 Å². The molecule has 2 amide bonds. The number of aryl methyl sites for hydroxylation is 1. The third-order valence-electron chi connectivity index (χ3n) is 4.38. The Morgan fingerprint density at radius 1 is 1.26 bits per heavy atom. The number of aromatic nitrogens is 2. The van der Waals surface area contributed by atoms with Gasteiger partial charge in [0.1, 0.15) is 0 Å². The van der Waals surface area contributed by atoms with Crippen LogP contribution in [0.3, 0.4) is 0 Å². The van der Waals surface area contributed by atoms with Crippen LogP contribution in [0.25, 0.3) is 0 Å². The van der Waals surface area contributed by atoms with Crippen molar-refractivity contribution >= 4 is 17.9 Å². The summed E-state index contributed by atoms with van der Waals surface area (Å²) in [6.07, 6.45) is 3.46. The minimum absolute atomic E-state index is 0.0903. The zero-order chi connectivity index (χ0) is 19.8. The molecule has 0 unspecified atom stereocenters. The van der Waals surface area contributed by atoms with Crippen molar-refractivity contribution < 1.29 is 14.7 Å². The molecule has 2 N–H and O–H groups in total. The van der Waals surface area contributed by atoms with Crippen LogP contribution in [0, 0.1) is 12.8 Å². The van der Waals surface area contributed by atoms with Crippen molar-refractivity contribution in [3.8, 4) is 0 Å². The van der Waals surface area contributed by atoms with Gasteiger partial charge in [0.05, 0.1) is 18.7 Å². The topological polar surface area (TPSA) is 98.7 Å². The van der Waals surface area contributed by atoms with Crippen molar-refractivity contribution in [2.75, 3.05) is 31.1 Å². The molecule has 1 saturated heterocycles. The van der Waals surface area contributed by atoms with Gasteiger partial charge in [-0.15, -0.1) is 0 Å². The number of hydrogen-bond acceptors (Lipinski definition) is 5. The number of piperidine rings is 1. The zero-order valence-corrected chi connectivity index (χ0v) is 16.6. The number of amides is 2. The number of rotatable bonds is 8. The van der Waals surface area contributed by atoms with Crippen molar-refractivity contribution in [1.29, 1.82) is 0 Å². The van der Waals surface area contributed by atoms with Gasteiger partial charge < -0.3 is 20.2 Å². The molecule has 1 aromatic rings. The maximum absolute atomic E-state index is 12.5. The van der Waals surface area contributed by atoms with E-state index >= 15 is 0 Å². The van der Waals surface area contributed by atoms with Gasteiger partial charge >= 0.3 is 12.0 Å². The van der Waals surface area contributed by atoms with E-state index in [-0.39, 0.29) is 19.0 Å². The van der Waals surface area contributed by atoms with Gasteiger partial charge in [0.2, 0.25) is 5.95 Å². The summed E-state index contributed by atoms with van der Waals surface area (Å²) in [6.45, 7) is 9.03. The lowest BCUT2D eigenvalue weighted by Crippen LogP contribution is -2.42. The normalized spacial score (nSPS) is 14.3. The zero-order valence-electron chi connectivity index (χ0n) is 16.6. The van der Waals surface area contributed by atoms with Crippen LogP contribution in [0.15, 0.2) is 6.07 Å². The SMILES string of the molecule is Cc1cc(CN(CC(C)C)C(=O)NCCC(=O)O)nc(N2CCCCC2)n1. The molecule has 0 spiro atoms. The summed E-state index contributed by atoms with van der Waals surface area (Å²) in [7, 11) is 0. The van der Waals surface area contributed by atoms with Crippen LogP contribution in [-0.2, 0) is 11.3 Å². The molecule has 1 aliphatic rings. The van der Waals surface area contributed by atoms with Gasteiger partial charge in [-0.3, -0.25) is 4.79 Å². The first kappa shape index (κ1) is 20.9. The molecule has 27 heavy (non-hydrogen) atoms. The molecule has 0 aromatic carbocycles. The second-order valence-corrected chi connectivity index (χ2v) is 7.50. The number of carbonyl (C=O) groups excluding carboxylic acids is 1. The summed E-state index contributed by atoms with van der Waals surface area (Å²) in [5.74, 6) is 0.100. The molecule has 0 radical (unpaired) electrons. The second-order valence-electron chi connectivity index (χ2n) is 7.50. The van der Waals surface area contributed by atoms with Gasteiger partial charge in [-0.2, -0.15) is 0 Å². The molecule has 0 atom stereocenters. The lowest BCUT2D eigenvalue weighted by Gasteiger charge is -2.28. The van der Waals surface area contributed by atoms with E-state index in [4.69, 9.17) is 10.1 Å². The van der Waals surface area contributed by atoms with Crippen LogP contribution in [0.2, 0.25) is 0 Å². The molecule has 0 aliphatic carbocycles. The van der Waals surface area contributed by atoms with E-state index in [1.54, 1.807) is 4.90 Å². The van der Waals surface area contributed by atoms with E-state index in [0.717, 1.165) is 43.3 Å². The second kappa shape index (κ2) is 10.1. The first-order valence-corrected chi connectivity index (χ1v) is 9.69. The molecule has 2 heterocycles. The van der Waals surface area contributed by atoms with E-state index in [0.29, 0.717) is 19.0 Å². The number of nitrogens with zero attached hydrogens (tertiary/aromatic N) is 4. The van der Waals surface area contributed by atoms with E-state index in [1.807, 2.05) is 26.8 Å². The van der Waals surface area contributed by atoms with Gasteiger partial charge in [-0.25, -0.2) is 14.8 Å². The average molecular weight is 377 g/mol. The van der Waals surface area contributed by atoms with Crippen molar-refractivity contribution in [3.63, 3.8) is 0 Å². The predicted molar refractivity (Wildman–Crippen MR) is 104 cm³/mol. The summed E-state index contributed by atoms with van der Waals surface area (Å²) in [4.78, 5) is 36.3. The molecule has 1 fully saturated rings. The fourth-order valence-corrected chi connectivity index (χ4v) is 3.18. The Kier molecular flexibility index (Phi) is 7.82. The quantitative estimate of drug-likeness (QED) is 0.722. The molecular formula is C19H31N5O3. The van der Waals surface area contributed by atoms with Crippen molar-refractivity contribution in [3.05, 3.63) is 17.5 Å².